The normalized spacial score (nSPS) is 13.0. The molecule has 182 valence electrons. The van der Waals surface area contributed by atoms with Crippen LogP contribution in [0, 0.1) is 18.2 Å². The number of rotatable bonds is 2. The zero-order chi connectivity index (χ0) is 25.5. The van der Waals surface area contributed by atoms with Gasteiger partial charge in [-0.25, -0.2) is 8.96 Å². The third-order valence-electron chi connectivity index (χ3n) is 7.66. The first kappa shape index (κ1) is 23.0. The van der Waals surface area contributed by atoms with E-state index in [1.54, 1.807) is 6.07 Å². The molecule has 2 heterocycles. The molecule has 0 amide bonds. The van der Waals surface area contributed by atoms with Crippen LogP contribution in [0.2, 0.25) is 0 Å². The Morgan fingerprint density at radius 1 is 0.917 bits per heavy atom. The van der Waals surface area contributed by atoms with Gasteiger partial charge in [0.2, 0.25) is 5.69 Å². The molecule has 0 fully saturated rings. The minimum Gasteiger partial charge on any atom is -0.455 e. The quantitative estimate of drug-likeness (QED) is 0.179. The topological polar surface area (TPSA) is 13.1 Å². The van der Waals surface area contributed by atoms with Crippen molar-refractivity contribution in [2.45, 2.75) is 53.9 Å². The highest BCUT2D eigenvalue weighted by Gasteiger charge is 2.34. The van der Waals surface area contributed by atoms with Crippen LogP contribution in [-0.2, 0) is 13.5 Å². The molecule has 1 aliphatic rings. The third kappa shape index (κ3) is 3.32. The van der Waals surface area contributed by atoms with Gasteiger partial charge in [0.15, 0.2) is 6.20 Å². The summed E-state index contributed by atoms with van der Waals surface area (Å²) in [6.07, 6.45) is 2.97. The fourth-order valence-corrected chi connectivity index (χ4v) is 5.91. The molecule has 0 N–H and O–H groups in total. The fourth-order valence-electron chi connectivity index (χ4n) is 5.91. The zero-order valence-electron chi connectivity index (χ0n) is 22.2. The van der Waals surface area contributed by atoms with Crippen LogP contribution < -0.4 is 9.30 Å². The van der Waals surface area contributed by atoms with Crippen molar-refractivity contribution in [1.82, 2.24) is 0 Å². The molecular formula is C33H33FNO+. The summed E-state index contributed by atoms with van der Waals surface area (Å²) < 4.78 is 24.0. The molecule has 1 aliphatic heterocycles. The molecule has 0 unspecified atom stereocenters. The summed E-state index contributed by atoms with van der Waals surface area (Å²) >= 11 is 0. The number of hydrogen-bond donors (Lipinski definition) is 0. The van der Waals surface area contributed by atoms with Crippen LogP contribution in [0.3, 0.4) is 0 Å². The summed E-state index contributed by atoms with van der Waals surface area (Å²) in [5.41, 5.74) is 6.16. The van der Waals surface area contributed by atoms with Crippen LogP contribution in [0.15, 0.2) is 54.7 Å². The standard InChI is InChI=1S/C33H33FNO/c1-18(2)20-11-12-22-24(15-20)19(3)29-31-30-23(13-14-35(31)7)21-9-8-10-27(34)25(21)16-28(30)36-32(29)26(22)17-33(4,5)6/h8-16,18H,17H2,1-7H3/q+1. The summed E-state index contributed by atoms with van der Waals surface area (Å²) in [6.45, 7) is 13.5. The van der Waals surface area contributed by atoms with Crippen LogP contribution in [-0.4, -0.2) is 0 Å². The maximum atomic E-state index is 14.9. The second-order valence-corrected chi connectivity index (χ2v) is 11.9. The summed E-state index contributed by atoms with van der Waals surface area (Å²) in [5, 5.41) is 6.12. The lowest BCUT2D eigenvalue weighted by Gasteiger charge is -2.28. The van der Waals surface area contributed by atoms with Crippen molar-refractivity contribution in [1.29, 1.82) is 0 Å². The zero-order valence-corrected chi connectivity index (χ0v) is 22.2. The van der Waals surface area contributed by atoms with Crippen LogP contribution in [0.4, 0.5) is 4.39 Å². The predicted octanol–water partition coefficient (Wildman–Crippen LogP) is 8.90. The van der Waals surface area contributed by atoms with Crippen molar-refractivity contribution in [3.63, 3.8) is 0 Å². The number of hydrogen-bond acceptors (Lipinski definition) is 1. The molecule has 3 heteroatoms. The lowest BCUT2D eigenvalue weighted by molar-refractivity contribution is -0.659. The summed E-state index contributed by atoms with van der Waals surface area (Å²) in [7, 11) is 2.10. The van der Waals surface area contributed by atoms with E-state index in [2.05, 4.69) is 83.6 Å². The average Bonchev–Trinajstić information content (AvgIpc) is 2.82. The second-order valence-electron chi connectivity index (χ2n) is 11.9. The van der Waals surface area contributed by atoms with Crippen LogP contribution >= 0.6 is 0 Å². The van der Waals surface area contributed by atoms with E-state index in [9.17, 15) is 4.39 Å². The maximum Gasteiger partial charge on any atom is 0.228 e. The molecule has 1 aromatic heterocycles. The molecular weight excluding hydrogens is 445 g/mol. The SMILES string of the molecule is Cc1c2c(c(CC(C)(C)C)c3ccc(C(C)C)cc13)Oc1cc3c(F)cccc3c3cc[n+](C)c-2c13. The first-order valence-electron chi connectivity index (χ1n) is 12.9. The molecule has 0 spiro atoms. The molecule has 5 aromatic rings. The van der Waals surface area contributed by atoms with E-state index in [1.807, 2.05) is 12.1 Å². The Hall–Kier alpha value is -3.46. The van der Waals surface area contributed by atoms with Gasteiger partial charge in [-0.05, 0) is 64.1 Å². The molecule has 0 atom stereocenters. The maximum absolute atomic E-state index is 14.9. The Balaban J connectivity index is 1.81. The van der Waals surface area contributed by atoms with E-state index in [0.29, 0.717) is 11.3 Å². The monoisotopic (exact) mass is 478 g/mol. The Kier molecular flexibility index (Phi) is 4.96. The number of aryl methyl sites for hydroxylation is 2. The van der Waals surface area contributed by atoms with E-state index in [1.165, 1.54) is 33.5 Å². The molecule has 0 bridgehead atoms. The van der Waals surface area contributed by atoms with Crippen LogP contribution in [0.1, 0.15) is 57.2 Å². The number of benzene rings is 4. The van der Waals surface area contributed by atoms with Crippen LogP contribution in [0.25, 0.3) is 43.6 Å². The molecule has 0 saturated carbocycles. The van der Waals surface area contributed by atoms with E-state index >= 15 is 0 Å². The molecule has 36 heavy (non-hydrogen) atoms. The minimum absolute atomic E-state index is 0.0694. The number of fused-ring (bicyclic) bond motifs is 5. The largest absolute Gasteiger partial charge is 0.455 e. The van der Waals surface area contributed by atoms with Gasteiger partial charge in [0.25, 0.3) is 0 Å². The highest BCUT2D eigenvalue weighted by molar-refractivity contribution is 6.16. The van der Waals surface area contributed by atoms with E-state index in [4.69, 9.17) is 4.74 Å². The number of halogens is 1. The van der Waals surface area contributed by atoms with Gasteiger partial charge in [0.05, 0.1) is 10.9 Å². The van der Waals surface area contributed by atoms with E-state index in [-0.39, 0.29) is 11.2 Å². The number of pyridine rings is 1. The van der Waals surface area contributed by atoms with Gasteiger partial charge in [-0.3, -0.25) is 0 Å². The lowest BCUT2D eigenvalue weighted by atomic mass is 9.81. The molecule has 0 aliphatic carbocycles. The number of aromatic nitrogens is 1. The first-order chi connectivity index (χ1) is 17.0. The number of ether oxygens (including phenoxy) is 1. The Bertz CT molecular complexity index is 1720. The predicted molar refractivity (Wildman–Crippen MR) is 148 cm³/mol. The van der Waals surface area contributed by atoms with Crippen LogP contribution in [0.5, 0.6) is 11.5 Å². The highest BCUT2D eigenvalue weighted by atomic mass is 19.1. The van der Waals surface area contributed by atoms with Gasteiger partial charge in [-0.2, -0.15) is 0 Å². The van der Waals surface area contributed by atoms with Crippen molar-refractivity contribution in [2.24, 2.45) is 12.5 Å². The van der Waals surface area contributed by atoms with Crippen molar-refractivity contribution >= 4 is 32.3 Å². The van der Waals surface area contributed by atoms with E-state index in [0.717, 1.165) is 45.3 Å². The van der Waals surface area contributed by atoms with Crippen molar-refractivity contribution in [3.8, 4) is 22.8 Å². The lowest BCUT2D eigenvalue weighted by Crippen LogP contribution is -2.32. The smallest absolute Gasteiger partial charge is 0.228 e. The molecule has 6 rings (SSSR count). The van der Waals surface area contributed by atoms with E-state index < -0.39 is 0 Å². The molecule has 0 saturated heterocycles. The minimum atomic E-state index is -0.222. The second kappa shape index (κ2) is 7.77. The van der Waals surface area contributed by atoms with Gasteiger partial charge < -0.3 is 4.74 Å². The fraction of sp³-hybridized carbons (Fsp3) is 0.303. The van der Waals surface area contributed by atoms with Crippen molar-refractivity contribution in [2.75, 3.05) is 0 Å². The van der Waals surface area contributed by atoms with Gasteiger partial charge >= 0.3 is 0 Å². The Labute approximate surface area is 212 Å². The van der Waals surface area contributed by atoms with Gasteiger partial charge in [-0.15, -0.1) is 0 Å². The number of nitrogens with zero attached hydrogens (tertiary/aromatic N) is 1. The van der Waals surface area contributed by atoms with Gasteiger partial charge in [0.1, 0.15) is 24.4 Å². The molecule has 2 nitrogen and oxygen atoms in total. The first-order valence-corrected chi connectivity index (χ1v) is 12.9. The summed E-state index contributed by atoms with van der Waals surface area (Å²) in [6, 6.07) is 16.2. The van der Waals surface area contributed by atoms with Crippen molar-refractivity contribution < 1.29 is 13.7 Å². The Morgan fingerprint density at radius 3 is 2.42 bits per heavy atom. The molecule has 0 radical (unpaired) electrons. The van der Waals surface area contributed by atoms with Crippen molar-refractivity contribution in [3.05, 3.63) is 77.2 Å². The Morgan fingerprint density at radius 2 is 1.69 bits per heavy atom. The summed E-state index contributed by atoms with van der Waals surface area (Å²) in [5.74, 6) is 1.88. The highest BCUT2D eigenvalue weighted by Crippen LogP contribution is 2.53. The molecule has 4 aromatic carbocycles. The van der Waals surface area contributed by atoms with Gasteiger partial charge in [0, 0.05) is 22.4 Å². The van der Waals surface area contributed by atoms with Gasteiger partial charge in [-0.1, -0.05) is 65.0 Å². The average molecular weight is 479 g/mol. The third-order valence-corrected chi connectivity index (χ3v) is 7.66. The summed E-state index contributed by atoms with van der Waals surface area (Å²) in [4.78, 5) is 0.